The minimum absolute atomic E-state index is 1.10. The standard InChI is InChI=1S/2C48H35N.C44H31N.C6H6/c1-5-14-36(15-6-1)39-24-28-44(29-25-39)49(45-30-26-40(27-31-45)37-16-7-2-8-17-37)46-32-33-47(41-20-11-4-12-21-41)48(35-46)43-23-13-22-42(34-43)38-18-9-3-10-19-38;1-5-13-36(14-6-1)39-21-23-43(24-22-39)48-35-46(33-34-47(48)42-19-11-4-12-20-42)49(44-29-25-40(26-30-44)37-15-7-2-8-16-37)45-31-27-41(28-32-45)38-17-9-3-10-18-38;1-3-12-32(13-4-1)34-22-26-38(27-23-34)45(39-28-24-35(25-29-39)33-14-5-2-6-15-33)40-18-11-17-36(30-40)44-31-37-16-7-8-19-41(37)42-20-9-10-21-43(42)44;1-2-4-6-5-3-1/h2*1-35H;1-31H;1-6H. The molecule has 25 rings (SSSR count). The predicted octanol–water partition coefficient (Wildman–Crippen LogP) is 41.1. The van der Waals surface area contributed by atoms with Crippen molar-refractivity contribution in [1.29, 1.82) is 0 Å². The quantitative estimate of drug-likeness (QED) is 0.0626. The molecule has 0 aromatic heterocycles. The molecule has 0 aliphatic carbocycles. The van der Waals surface area contributed by atoms with Crippen LogP contribution in [0.5, 0.6) is 0 Å². The smallest absolute Gasteiger partial charge is 0.0468 e. The third-order valence-corrected chi connectivity index (χ3v) is 27.5. The number of hydrogen-bond acceptors (Lipinski definition) is 3. The van der Waals surface area contributed by atoms with E-state index in [0.29, 0.717) is 0 Å². The normalized spacial score (nSPS) is 10.8. The van der Waals surface area contributed by atoms with Crippen LogP contribution in [0.3, 0.4) is 0 Å². The fourth-order valence-electron chi connectivity index (χ4n) is 20.0. The van der Waals surface area contributed by atoms with Crippen LogP contribution in [0.1, 0.15) is 0 Å². The number of anilines is 9. The van der Waals surface area contributed by atoms with Gasteiger partial charge in [0.2, 0.25) is 0 Å². The molecule has 0 saturated carbocycles. The fourth-order valence-corrected chi connectivity index (χ4v) is 20.0. The summed E-state index contributed by atoms with van der Waals surface area (Å²) in [5.74, 6) is 0. The number of fused-ring (bicyclic) bond motifs is 3. The van der Waals surface area contributed by atoms with Crippen molar-refractivity contribution in [2.45, 2.75) is 0 Å². The number of rotatable bonds is 22. The molecule has 0 fully saturated rings. The molecule has 0 atom stereocenters. The second kappa shape index (κ2) is 45.8. The summed E-state index contributed by atoms with van der Waals surface area (Å²) in [6.45, 7) is 0. The highest BCUT2D eigenvalue weighted by atomic mass is 15.2. The van der Waals surface area contributed by atoms with Crippen LogP contribution in [0.15, 0.2) is 649 Å². The zero-order chi connectivity index (χ0) is 99.9. The summed E-state index contributed by atoms with van der Waals surface area (Å²) in [4.78, 5) is 7.08. The third-order valence-electron chi connectivity index (χ3n) is 27.5. The van der Waals surface area contributed by atoms with Gasteiger partial charge < -0.3 is 14.7 Å². The molecule has 3 nitrogen and oxygen atoms in total. The molecule has 0 N–H and O–H groups in total. The summed E-state index contributed by atoms with van der Waals surface area (Å²) >= 11 is 0. The van der Waals surface area contributed by atoms with Crippen molar-refractivity contribution in [3.8, 4) is 145 Å². The minimum Gasteiger partial charge on any atom is -0.310 e. The molecular weight excluding hydrogens is 1800 g/mol. The Morgan fingerprint density at radius 1 is 0.0805 bits per heavy atom. The molecule has 0 bridgehead atoms. The zero-order valence-electron chi connectivity index (χ0n) is 82.6. The van der Waals surface area contributed by atoms with Gasteiger partial charge in [-0.15, -0.1) is 0 Å². The second-order valence-corrected chi connectivity index (χ2v) is 37.0. The fraction of sp³-hybridized carbons (Fsp3) is 0. The van der Waals surface area contributed by atoms with Gasteiger partial charge in [-0.3, -0.25) is 0 Å². The van der Waals surface area contributed by atoms with Gasteiger partial charge in [-0.25, -0.2) is 0 Å². The predicted molar refractivity (Wildman–Crippen MR) is 635 cm³/mol. The minimum atomic E-state index is 1.10. The summed E-state index contributed by atoms with van der Waals surface area (Å²) < 4.78 is 0. The highest BCUT2D eigenvalue weighted by Gasteiger charge is 2.23. The molecule has 0 heterocycles. The van der Waals surface area contributed by atoms with Crippen molar-refractivity contribution in [2.75, 3.05) is 14.7 Å². The molecule has 25 aromatic carbocycles. The first-order valence-corrected chi connectivity index (χ1v) is 51.0. The SMILES string of the molecule is c1ccc(-c2ccc(-c3cc(N(c4ccc(-c5ccccc5)cc4)c4ccc(-c5ccccc5)cc4)ccc3-c3ccccc3)cc2)cc1.c1ccc(-c2ccc(N(c3ccc(-c4ccccc4)cc3)c3ccc(-c4ccccc4)c(-c4cccc(-c5ccccc5)c4)c3)cc2)cc1.c1ccc(-c2ccc(N(c3ccc(-c4ccccc4)cc3)c3cccc(-c4cc5ccccc5c5ccccc45)c3)cc2)cc1.c1ccccc1. The lowest BCUT2D eigenvalue weighted by atomic mass is 9.92. The van der Waals surface area contributed by atoms with Crippen molar-refractivity contribution in [1.82, 2.24) is 0 Å². The highest BCUT2D eigenvalue weighted by Crippen LogP contribution is 2.48. The molecule has 0 amide bonds. The Kier molecular flexibility index (Phi) is 29.0. The topological polar surface area (TPSA) is 9.72 Å². The molecule has 149 heavy (non-hydrogen) atoms. The Labute approximate surface area is 874 Å². The van der Waals surface area contributed by atoms with Crippen molar-refractivity contribution in [3.05, 3.63) is 649 Å². The van der Waals surface area contributed by atoms with Crippen LogP contribution in [-0.4, -0.2) is 0 Å². The molecule has 0 aliphatic rings. The number of benzene rings is 25. The van der Waals surface area contributed by atoms with E-state index in [1.807, 2.05) is 36.4 Å². The Morgan fingerprint density at radius 3 is 0.577 bits per heavy atom. The first kappa shape index (κ1) is 94.3. The van der Waals surface area contributed by atoms with Gasteiger partial charge in [-0.1, -0.05) is 528 Å². The number of hydrogen-bond donors (Lipinski definition) is 0. The van der Waals surface area contributed by atoms with E-state index in [-0.39, 0.29) is 0 Å². The van der Waals surface area contributed by atoms with Gasteiger partial charge in [0, 0.05) is 51.2 Å². The second-order valence-electron chi connectivity index (χ2n) is 37.0. The first-order chi connectivity index (χ1) is 73.9. The Morgan fingerprint density at radius 2 is 0.268 bits per heavy atom. The summed E-state index contributed by atoms with van der Waals surface area (Å²) in [6.07, 6.45) is 0. The zero-order valence-corrected chi connectivity index (χ0v) is 82.6. The first-order valence-electron chi connectivity index (χ1n) is 51.0. The van der Waals surface area contributed by atoms with E-state index in [2.05, 4.69) is 627 Å². The lowest BCUT2D eigenvalue weighted by molar-refractivity contribution is 1.28. The van der Waals surface area contributed by atoms with Crippen LogP contribution in [0.2, 0.25) is 0 Å². The van der Waals surface area contributed by atoms with Gasteiger partial charge in [-0.2, -0.15) is 0 Å². The molecule has 0 radical (unpaired) electrons. The lowest BCUT2D eigenvalue weighted by Gasteiger charge is -2.27. The van der Waals surface area contributed by atoms with E-state index in [1.54, 1.807) is 0 Å². The summed E-state index contributed by atoms with van der Waals surface area (Å²) in [5.41, 5.74) is 41.2. The van der Waals surface area contributed by atoms with E-state index in [1.165, 1.54) is 166 Å². The Bertz CT molecular complexity index is 8380. The third kappa shape index (κ3) is 22.1. The summed E-state index contributed by atoms with van der Waals surface area (Å²) in [5, 5.41) is 5.08. The Hall–Kier alpha value is -19.6. The summed E-state index contributed by atoms with van der Waals surface area (Å²) in [7, 11) is 0. The van der Waals surface area contributed by atoms with Crippen molar-refractivity contribution >= 4 is 72.7 Å². The van der Waals surface area contributed by atoms with Gasteiger partial charge in [0.05, 0.1) is 0 Å². The van der Waals surface area contributed by atoms with Gasteiger partial charge in [0.15, 0.2) is 0 Å². The monoisotopic (exact) mass is 1900 g/mol. The molecule has 25 aromatic rings. The maximum Gasteiger partial charge on any atom is 0.0468 e. The van der Waals surface area contributed by atoms with E-state index < -0.39 is 0 Å². The van der Waals surface area contributed by atoms with E-state index in [9.17, 15) is 0 Å². The molecule has 0 saturated heterocycles. The van der Waals surface area contributed by atoms with Crippen LogP contribution < -0.4 is 14.7 Å². The van der Waals surface area contributed by atoms with E-state index in [0.717, 1.165) is 51.2 Å². The number of nitrogens with zero attached hydrogens (tertiary/aromatic N) is 3. The van der Waals surface area contributed by atoms with Crippen molar-refractivity contribution in [2.24, 2.45) is 0 Å². The van der Waals surface area contributed by atoms with Crippen molar-refractivity contribution < 1.29 is 0 Å². The van der Waals surface area contributed by atoms with E-state index in [4.69, 9.17) is 0 Å². The summed E-state index contributed by atoms with van der Waals surface area (Å²) in [6, 6.07) is 232. The van der Waals surface area contributed by atoms with Gasteiger partial charge >= 0.3 is 0 Å². The molecule has 0 spiro atoms. The maximum atomic E-state index is 2.36. The van der Waals surface area contributed by atoms with Crippen LogP contribution in [0.4, 0.5) is 51.2 Å². The van der Waals surface area contributed by atoms with E-state index >= 15 is 0 Å². The van der Waals surface area contributed by atoms with Crippen LogP contribution in [0.25, 0.3) is 166 Å². The van der Waals surface area contributed by atoms with Crippen LogP contribution in [0, 0.1) is 0 Å². The van der Waals surface area contributed by atoms with Crippen molar-refractivity contribution in [3.63, 3.8) is 0 Å². The van der Waals surface area contributed by atoms with Gasteiger partial charge in [-0.05, 0) is 288 Å². The van der Waals surface area contributed by atoms with Crippen LogP contribution >= 0.6 is 0 Å². The average molecular weight is 1900 g/mol. The molecule has 3 heteroatoms. The maximum absolute atomic E-state index is 2.36. The lowest BCUT2D eigenvalue weighted by Crippen LogP contribution is -2.10. The molecular formula is C146H107N3. The average Bonchev–Trinajstić information content (AvgIpc) is 0.755. The largest absolute Gasteiger partial charge is 0.310 e. The molecule has 0 aliphatic heterocycles. The molecule has 706 valence electrons. The van der Waals surface area contributed by atoms with Crippen LogP contribution in [-0.2, 0) is 0 Å². The van der Waals surface area contributed by atoms with Gasteiger partial charge in [0.25, 0.3) is 0 Å². The highest BCUT2D eigenvalue weighted by molar-refractivity contribution is 6.14. The Balaban J connectivity index is 0.000000123. The van der Waals surface area contributed by atoms with Gasteiger partial charge in [0.1, 0.15) is 0 Å². The molecule has 0 unspecified atom stereocenters.